The van der Waals surface area contributed by atoms with E-state index in [-0.39, 0.29) is 29.6 Å². The smallest absolute Gasteiger partial charge is 0.293 e. The number of aliphatic hydroxyl groups excluding tert-OH is 1. The van der Waals surface area contributed by atoms with Crippen molar-refractivity contribution in [3.63, 3.8) is 0 Å². The van der Waals surface area contributed by atoms with Gasteiger partial charge in [-0.1, -0.05) is 19.0 Å². The number of nitrogens with zero attached hydrogens (tertiary/aromatic N) is 6. The summed E-state index contributed by atoms with van der Waals surface area (Å²) in [5.74, 6) is 1.49. The quantitative estimate of drug-likeness (QED) is 0.345. The molecule has 2 N–H and O–H groups in total. The Morgan fingerprint density at radius 3 is 2.82 bits per heavy atom. The van der Waals surface area contributed by atoms with E-state index in [1.54, 1.807) is 0 Å². The molecule has 13 heteroatoms. The molecule has 3 aromatic heterocycles. The van der Waals surface area contributed by atoms with E-state index < -0.39 is 24.5 Å². The lowest BCUT2D eigenvalue weighted by Gasteiger charge is -2.18. The molecule has 0 spiro atoms. The van der Waals surface area contributed by atoms with E-state index in [1.165, 1.54) is 10.9 Å². The van der Waals surface area contributed by atoms with Gasteiger partial charge in [0.1, 0.15) is 6.10 Å². The van der Waals surface area contributed by atoms with Crippen LogP contribution in [0.2, 0.25) is 5.28 Å². The standard InChI is InChI=1S/C20H24ClN7O5/c1-3-10(4-2)23-16-11-17(26-20(21)25-16)28(7-22-11)19-12(30)13(31-8-29)14(32-19)18-24-15(27-33-18)9-5-6-9/h7-10,12-14,19,30H,3-6H2,1-2H3,(H,23,25,26)/t12-,13+,14+,19-/m1/s1. The van der Waals surface area contributed by atoms with Crippen molar-refractivity contribution in [3.05, 3.63) is 23.3 Å². The van der Waals surface area contributed by atoms with Crippen LogP contribution in [0.1, 0.15) is 69.5 Å². The molecule has 2 aliphatic rings. The van der Waals surface area contributed by atoms with Crippen LogP contribution in [-0.2, 0) is 14.3 Å². The molecule has 2 fully saturated rings. The predicted octanol–water partition coefficient (Wildman–Crippen LogP) is 2.51. The number of anilines is 1. The van der Waals surface area contributed by atoms with Gasteiger partial charge in [-0.25, -0.2) is 4.98 Å². The third-order valence-corrected chi connectivity index (χ3v) is 6.23. The Bertz CT molecular complexity index is 1150. The molecule has 0 unspecified atom stereocenters. The van der Waals surface area contributed by atoms with Gasteiger partial charge in [-0.2, -0.15) is 15.0 Å². The Hall–Kier alpha value is -2.83. The summed E-state index contributed by atoms with van der Waals surface area (Å²) in [5.41, 5.74) is 0.842. The summed E-state index contributed by atoms with van der Waals surface area (Å²) in [4.78, 5) is 28.5. The number of ether oxygens (including phenoxy) is 2. The Morgan fingerprint density at radius 2 is 2.12 bits per heavy atom. The summed E-state index contributed by atoms with van der Waals surface area (Å²) >= 11 is 6.20. The van der Waals surface area contributed by atoms with Crippen LogP contribution in [0, 0.1) is 0 Å². The Balaban J connectivity index is 1.49. The van der Waals surface area contributed by atoms with Gasteiger partial charge < -0.3 is 24.4 Å². The molecule has 1 aliphatic heterocycles. The number of halogens is 1. The number of carbonyl (C=O) groups excluding carboxylic acids is 1. The first-order valence-electron chi connectivity index (χ1n) is 11.0. The minimum absolute atomic E-state index is 0.0217. The minimum Gasteiger partial charge on any atom is -0.458 e. The first kappa shape index (κ1) is 22.0. The first-order valence-corrected chi connectivity index (χ1v) is 11.3. The molecular weight excluding hydrogens is 454 g/mol. The zero-order valence-corrected chi connectivity index (χ0v) is 18.8. The van der Waals surface area contributed by atoms with E-state index in [4.69, 9.17) is 25.6 Å². The average Bonchev–Trinajstić information content (AvgIpc) is 3.25. The molecular formula is C20H24ClN7O5. The predicted molar refractivity (Wildman–Crippen MR) is 114 cm³/mol. The number of fused-ring (bicyclic) bond motifs is 1. The highest BCUT2D eigenvalue weighted by molar-refractivity contribution is 6.28. The van der Waals surface area contributed by atoms with Gasteiger partial charge in [-0.05, 0) is 37.3 Å². The van der Waals surface area contributed by atoms with E-state index in [0.717, 1.165) is 25.7 Å². The summed E-state index contributed by atoms with van der Waals surface area (Å²) in [6.07, 6.45) is 1.01. The number of imidazole rings is 1. The van der Waals surface area contributed by atoms with E-state index >= 15 is 0 Å². The van der Waals surface area contributed by atoms with Crippen LogP contribution in [0.4, 0.5) is 5.82 Å². The number of nitrogens with one attached hydrogen (secondary N) is 1. The Labute approximate surface area is 193 Å². The SMILES string of the molecule is CCC(CC)Nc1nc(Cl)nc2c1ncn2[C@@H]1O[C@H](c2nc(C3CC3)no2)[C@@H](OC=O)[C@H]1O. The second-order valence-corrected chi connectivity index (χ2v) is 8.56. The van der Waals surface area contributed by atoms with E-state index in [1.807, 2.05) is 0 Å². The molecule has 3 aromatic rings. The molecule has 0 aromatic carbocycles. The minimum atomic E-state index is -1.25. The number of hydrogen-bond acceptors (Lipinski definition) is 11. The maximum atomic E-state index is 11.1. The number of aromatic nitrogens is 6. The van der Waals surface area contributed by atoms with Gasteiger partial charge in [0.2, 0.25) is 5.28 Å². The molecule has 33 heavy (non-hydrogen) atoms. The maximum Gasteiger partial charge on any atom is 0.293 e. The fraction of sp³-hybridized carbons (Fsp3) is 0.600. The molecule has 1 saturated heterocycles. The molecule has 0 amide bonds. The average molecular weight is 478 g/mol. The molecule has 4 atom stereocenters. The van der Waals surface area contributed by atoms with Crippen LogP contribution < -0.4 is 5.32 Å². The molecule has 176 valence electrons. The maximum absolute atomic E-state index is 11.1. The molecule has 0 radical (unpaired) electrons. The van der Waals surface area contributed by atoms with Crippen LogP contribution in [0.25, 0.3) is 11.2 Å². The Morgan fingerprint density at radius 1 is 1.33 bits per heavy atom. The highest BCUT2D eigenvalue weighted by Gasteiger charge is 2.50. The summed E-state index contributed by atoms with van der Waals surface area (Å²) in [6.45, 7) is 4.40. The second kappa shape index (κ2) is 8.84. The van der Waals surface area contributed by atoms with Crippen LogP contribution in [0.15, 0.2) is 10.9 Å². The van der Waals surface area contributed by atoms with Gasteiger partial charge in [0, 0.05) is 12.0 Å². The highest BCUT2D eigenvalue weighted by atomic mass is 35.5. The summed E-state index contributed by atoms with van der Waals surface area (Å²) in [5, 5.41) is 18.3. The zero-order valence-electron chi connectivity index (χ0n) is 18.1. The summed E-state index contributed by atoms with van der Waals surface area (Å²) < 4.78 is 18.1. The molecule has 1 aliphatic carbocycles. The third-order valence-electron chi connectivity index (χ3n) is 6.06. The monoisotopic (exact) mass is 477 g/mol. The van der Waals surface area contributed by atoms with E-state index in [2.05, 4.69) is 44.3 Å². The lowest BCUT2D eigenvalue weighted by molar-refractivity contribution is -0.140. The van der Waals surface area contributed by atoms with Crippen molar-refractivity contribution >= 4 is 35.1 Å². The fourth-order valence-corrected chi connectivity index (χ4v) is 4.19. The van der Waals surface area contributed by atoms with E-state index in [0.29, 0.717) is 22.8 Å². The van der Waals surface area contributed by atoms with Gasteiger partial charge in [0.25, 0.3) is 12.4 Å². The fourth-order valence-electron chi connectivity index (χ4n) is 4.03. The van der Waals surface area contributed by atoms with Crippen LogP contribution in [0.3, 0.4) is 0 Å². The third kappa shape index (κ3) is 4.02. The van der Waals surface area contributed by atoms with Crippen LogP contribution in [0.5, 0.6) is 0 Å². The van der Waals surface area contributed by atoms with E-state index in [9.17, 15) is 9.90 Å². The van der Waals surface area contributed by atoms with Crippen molar-refractivity contribution in [2.75, 3.05) is 5.32 Å². The van der Waals surface area contributed by atoms with Crippen molar-refractivity contribution in [2.45, 2.75) is 76.0 Å². The largest absolute Gasteiger partial charge is 0.458 e. The topological polar surface area (TPSA) is 150 Å². The van der Waals surface area contributed by atoms with Crippen LogP contribution in [-0.4, -0.2) is 59.5 Å². The number of hydrogen-bond donors (Lipinski definition) is 2. The summed E-state index contributed by atoms with van der Waals surface area (Å²) in [7, 11) is 0. The van der Waals surface area contributed by atoms with Gasteiger partial charge in [-0.3, -0.25) is 9.36 Å². The Kier molecular flexibility index (Phi) is 5.89. The molecule has 12 nitrogen and oxygen atoms in total. The molecule has 4 heterocycles. The lowest BCUT2D eigenvalue weighted by atomic mass is 10.1. The van der Waals surface area contributed by atoms with Crippen molar-refractivity contribution in [2.24, 2.45) is 0 Å². The molecule has 0 bridgehead atoms. The highest BCUT2D eigenvalue weighted by Crippen LogP contribution is 2.43. The zero-order chi connectivity index (χ0) is 23.1. The lowest BCUT2D eigenvalue weighted by Crippen LogP contribution is -2.31. The second-order valence-electron chi connectivity index (χ2n) is 8.22. The van der Waals surface area contributed by atoms with Crippen molar-refractivity contribution in [1.29, 1.82) is 0 Å². The number of carbonyl (C=O) groups is 1. The first-order chi connectivity index (χ1) is 16.0. The molecule has 1 saturated carbocycles. The summed E-state index contributed by atoms with van der Waals surface area (Å²) in [6, 6.07) is 0.186. The van der Waals surface area contributed by atoms with Gasteiger partial charge >= 0.3 is 0 Å². The van der Waals surface area contributed by atoms with Crippen molar-refractivity contribution in [3.8, 4) is 0 Å². The van der Waals surface area contributed by atoms with Gasteiger partial charge in [0.05, 0.1) is 6.33 Å². The van der Waals surface area contributed by atoms with Gasteiger partial charge in [-0.15, -0.1) is 0 Å². The van der Waals surface area contributed by atoms with Crippen molar-refractivity contribution < 1.29 is 23.9 Å². The number of rotatable bonds is 9. The normalized spacial score (nSPS) is 25.1. The number of aliphatic hydroxyl groups is 1. The van der Waals surface area contributed by atoms with Crippen LogP contribution >= 0.6 is 11.6 Å². The molecule has 5 rings (SSSR count). The van der Waals surface area contributed by atoms with Gasteiger partial charge in [0.15, 0.2) is 41.2 Å². The van der Waals surface area contributed by atoms with Crippen molar-refractivity contribution in [1.82, 2.24) is 29.7 Å².